The van der Waals surface area contributed by atoms with Gasteiger partial charge in [0.1, 0.15) is 17.2 Å². The summed E-state index contributed by atoms with van der Waals surface area (Å²) in [4.78, 5) is 4.36. The van der Waals surface area contributed by atoms with Crippen LogP contribution in [0, 0.1) is 0 Å². The molecule has 0 saturated carbocycles. The molecule has 2 aromatic carbocycles. The fourth-order valence-corrected chi connectivity index (χ4v) is 2.37. The van der Waals surface area contributed by atoms with E-state index >= 15 is 0 Å². The van der Waals surface area contributed by atoms with Gasteiger partial charge in [0.25, 0.3) is 0 Å². The highest BCUT2D eigenvalue weighted by Gasteiger charge is 2.07. The van der Waals surface area contributed by atoms with E-state index in [1.807, 2.05) is 13.0 Å². The number of hydrogen-bond acceptors (Lipinski definition) is 4. The summed E-state index contributed by atoms with van der Waals surface area (Å²) in [5.74, 6) is 2.28. The third-order valence-electron chi connectivity index (χ3n) is 3.42. The maximum absolute atomic E-state index is 6.01. The number of nitrogens with one attached hydrogen (secondary N) is 1. The van der Waals surface area contributed by atoms with Crippen molar-refractivity contribution in [2.24, 2.45) is 10.7 Å². The lowest BCUT2D eigenvalue weighted by atomic mass is 10.2. The molecule has 0 heterocycles. The molecule has 0 aliphatic heterocycles. The van der Waals surface area contributed by atoms with E-state index in [0.29, 0.717) is 41.1 Å². The Morgan fingerprint density at radius 2 is 1.92 bits per heavy atom. The van der Waals surface area contributed by atoms with Crippen LogP contribution in [-0.4, -0.2) is 26.8 Å². The average Bonchev–Trinajstić information content (AvgIpc) is 2.61. The predicted octanol–water partition coefficient (Wildman–Crippen LogP) is 3.68. The maximum atomic E-state index is 6.01. The standard InChI is InChI=1S/C18H22ClN3O3/c1-4-25-17-9-13(19)6-5-12(17)11-21-18(20)22-15-10-14(23-2)7-8-16(15)24-3/h5-10H,4,11H2,1-3H3,(H3,20,21,22). The minimum Gasteiger partial charge on any atom is -0.497 e. The Morgan fingerprint density at radius 3 is 2.60 bits per heavy atom. The van der Waals surface area contributed by atoms with Crippen LogP contribution < -0.4 is 25.3 Å². The van der Waals surface area contributed by atoms with E-state index in [1.54, 1.807) is 44.6 Å². The highest BCUT2D eigenvalue weighted by atomic mass is 35.5. The van der Waals surface area contributed by atoms with Crippen LogP contribution in [0.3, 0.4) is 0 Å². The summed E-state index contributed by atoms with van der Waals surface area (Å²) >= 11 is 6.01. The third-order valence-corrected chi connectivity index (χ3v) is 3.65. The summed E-state index contributed by atoms with van der Waals surface area (Å²) in [5.41, 5.74) is 7.57. The zero-order chi connectivity index (χ0) is 18.2. The van der Waals surface area contributed by atoms with Gasteiger partial charge in [-0.15, -0.1) is 0 Å². The summed E-state index contributed by atoms with van der Waals surface area (Å²) < 4.78 is 16.1. The van der Waals surface area contributed by atoms with Gasteiger partial charge in [-0.3, -0.25) is 0 Å². The lowest BCUT2D eigenvalue weighted by Gasteiger charge is -2.13. The molecule has 0 aromatic heterocycles. The van der Waals surface area contributed by atoms with Gasteiger partial charge in [0.15, 0.2) is 5.96 Å². The number of ether oxygens (including phenoxy) is 3. The van der Waals surface area contributed by atoms with E-state index < -0.39 is 0 Å². The molecule has 0 amide bonds. The fraction of sp³-hybridized carbons (Fsp3) is 0.278. The molecule has 0 atom stereocenters. The number of benzene rings is 2. The van der Waals surface area contributed by atoms with Gasteiger partial charge in [-0.05, 0) is 31.2 Å². The average molecular weight is 364 g/mol. The van der Waals surface area contributed by atoms with Crippen LogP contribution in [0.25, 0.3) is 0 Å². The van der Waals surface area contributed by atoms with Gasteiger partial charge in [-0.2, -0.15) is 0 Å². The molecule has 134 valence electrons. The summed E-state index contributed by atoms with van der Waals surface area (Å²) in [6.45, 7) is 2.82. The molecule has 0 fully saturated rings. The molecule has 3 N–H and O–H groups in total. The molecule has 7 heteroatoms. The molecule has 0 aliphatic rings. The van der Waals surface area contributed by atoms with Crippen molar-refractivity contribution < 1.29 is 14.2 Å². The molecular formula is C18H22ClN3O3. The van der Waals surface area contributed by atoms with Crippen LogP contribution in [-0.2, 0) is 6.54 Å². The Morgan fingerprint density at radius 1 is 1.12 bits per heavy atom. The first-order valence-corrected chi connectivity index (χ1v) is 8.15. The predicted molar refractivity (Wildman–Crippen MR) is 101 cm³/mol. The van der Waals surface area contributed by atoms with Crippen molar-refractivity contribution in [2.45, 2.75) is 13.5 Å². The Bertz CT molecular complexity index is 750. The largest absolute Gasteiger partial charge is 0.497 e. The topological polar surface area (TPSA) is 78.1 Å². The van der Waals surface area contributed by atoms with Crippen molar-refractivity contribution in [1.82, 2.24) is 0 Å². The molecule has 2 aromatic rings. The summed E-state index contributed by atoms with van der Waals surface area (Å²) in [5, 5.41) is 3.64. The first-order chi connectivity index (χ1) is 12.1. The number of methoxy groups -OCH3 is 2. The summed E-state index contributed by atoms with van der Waals surface area (Å²) in [6.07, 6.45) is 0. The van der Waals surface area contributed by atoms with Crippen molar-refractivity contribution in [2.75, 3.05) is 26.1 Å². The number of nitrogens with two attached hydrogens (primary N) is 1. The summed E-state index contributed by atoms with van der Waals surface area (Å²) in [7, 11) is 3.18. The lowest BCUT2D eigenvalue weighted by molar-refractivity contribution is 0.336. The van der Waals surface area contributed by atoms with E-state index in [0.717, 1.165) is 5.56 Å². The van der Waals surface area contributed by atoms with Gasteiger partial charge in [0.05, 0.1) is 33.1 Å². The second kappa shape index (κ2) is 9.03. The third kappa shape index (κ3) is 5.19. The van der Waals surface area contributed by atoms with E-state index in [1.165, 1.54) is 0 Å². The van der Waals surface area contributed by atoms with Crippen molar-refractivity contribution in [1.29, 1.82) is 0 Å². The molecule has 0 bridgehead atoms. The van der Waals surface area contributed by atoms with E-state index in [4.69, 9.17) is 31.5 Å². The number of nitrogens with zero attached hydrogens (tertiary/aromatic N) is 1. The molecule has 0 saturated heterocycles. The number of hydrogen-bond donors (Lipinski definition) is 2. The fourth-order valence-electron chi connectivity index (χ4n) is 2.21. The lowest BCUT2D eigenvalue weighted by Crippen LogP contribution is -2.23. The van der Waals surface area contributed by atoms with Crippen molar-refractivity contribution in [3.8, 4) is 17.2 Å². The first kappa shape index (κ1) is 18.7. The van der Waals surface area contributed by atoms with Crippen LogP contribution in [0.5, 0.6) is 17.2 Å². The smallest absolute Gasteiger partial charge is 0.193 e. The monoisotopic (exact) mass is 363 g/mol. The van der Waals surface area contributed by atoms with Gasteiger partial charge in [0.2, 0.25) is 0 Å². The SMILES string of the molecule is CCOc1cc(Cl)ccc1CN=C(N)Nc1cc(OC)ccc1OC. The zero-order valence-electron chi connectivity index (χ0n) is 14.5. The quantitative estimate of drug-likeness (QED) is 0.579. The van der Waals surface area contributed by atoms with Crippen molar-refractivity contribution >= 4 is 23.2 Å². The van der Waals surface area contributed by atoms with Gasteiger partial charge in [-0.1, -0.05) is 17.7 Å². The highest BCUT2D eigenvalue weighted by molar-refractivity contribution is 6.30. The van der Waals surface area contributed by atoms with Gasteiger partial charge in [0, 0.05) is 16.7 Å². The number of halogens is 1. The van der Waals surface area contributed by atoms with Gasteiger partial charge < -0.3 is 25.3 Å². The maximum Gasteiger partial charge on any atom is 0.193 e. The minimum atomic E-state index is 0.254. The molecule has 6 nitrogen and oxygen atoms in total. The Hall–Kier alpha value is -2.60. The number of guanidine groups is 1. The highest BCUT2D eigenvalue weighted by Crippen LogP contribution is 2.29. The van der Waals surface area contributed by atoms with Gasteiger partial charge in [-0.25, -0.2) is 4.99 Å². The summed E-state index contributed by atoms with van der Waals surface area (Å²) in [6, 6.07) is 10.8. The number of aliphatic imine (C=N–C) groups is 1. The molecule has 25 heavy (non-hydrogen) atoms. The van der Waals surface area contributed by atoms with Crippen LogP contribution in [0.4, 0.5) is 5.69 Å². The molecule has 0 spiro atoms. The van der Waals surface area contributed by atoms with Crippen LogP contribution in [0.15, 0.2) is 41.4 Å². The zero-order valence-corrected chi connectivity index (χ0v) is 15.3. The van der Waals surface area contributed by atoms with Gasteiger partial charge >= 0.3 is 0 Å². The second-order valence-corrected chi connectivity index (χ2v) is 5.51. The molecular weight excluding hydrogens is 342 g/mol. The van der Waals surface area contributed by atoms with Crippen LogP contribution in [0.2, 0.25) is 5.02 Å². The molecule has 0 unspecified atom stereocenters. The Kier molecular flexibility index (Phi) is 6.77. The van der Waals surface area contributed by atoms with E-state index in [9.17, 15) is 0 Å². The Balaban J connectivity index is 2.15. The number of rotatable bonds is 7. The van der Waals surface area contributed by atoms with Crippen molar-refractivity contribution in [3.63, 3.8) is 0 Å². The minimum absolute atomic E-state index is 0.254. The second-order valence-electron chi connectivity index (χ2n) is 5.08. The molecule has 2 rings (SSSR count). The molecule has 0 aliphatic carbocycles. The van der Waals surface area contributed by atoms with E-state index in [2.05, 4.69) is 10.3 Å². The molecule has 0 radical (unpaired) electrons. The van der Waals surface area contributed by atoms with Crippen LogP contribution >= 0.6 is 11.6 Å². The first-order valence-electron chi connectivity index (χ1n) is 7.77. The van der Waals surface area contributed by atoms with Crippen molar-refractivity contribution in [3.05, 3.63) is 47.0 Å². The normalized spacial score (nSPS) is 11.1. The van der Waals surface area contributed by atoms with E-state index in [-0.39, 0.29) is 5.96 Å². The number of anilines is 1. The van der Waals surface area contributed by atoms with Crippen LogP contribution in [0.1, 0.15) is 12.5 Å². The Labute approximate surface area is 152 Å².